The lowest BCUT2D eigenvalue weighted by atomic mass is 9.89. The molecule has 0 radical (unpaired) electrons. The molecule has 4 heteroatoms. The molecule has 0 heterocycles. The van der Waals surface area contributed by atoms with Crippen LogP contribution in [0.3, 0.4) is 0 Å². The van der Waals surface area contributed by atoms with E-state index in [1.807, 2.05) is 0 Å². The Bertz CT molecular complexity index is 223. The Hall–Kier alpha value is -0.160. The Labute approximate surface area is 124 Å². The van der Waals surface area contributed by atoms with Crippen LogP contribution in [0.25, 0.3) is 0 Å². The molecule has 1 aliphatic carbocycles. The Morgan fingerprint density at radius 1 is 1.30 bits per heavy atom. The fourth-order valence-electron chi connectivity index (χ4n) is 2.93. The first-order valence-electron chi connectivity index (χ1n) is 8.17. The maximum absolute atomic E-state index is 10.0. The van der Waals surface area contributed by atoms with E-state index < -0.39 is 6.10 Å². The second-order valence-corrected chi connectivity index (χ2v) is 6.23. The third-order valence-corrected chi connectivity index (χ3v) is 4.06. The molecule has 0 aromatic carbocycles. The Balaban J connectivity index is 2.13. The van der Waals surface area contributed by atoms with Crippen molar-refractivity contribution < 1.29 is 14.6 Å². The van der Waals surface area contributed by atoms with Crippen molar-refractivity contribution in [3.63, 3.8) is 0 Å². The highest BCUT2D eigenvalue weighted by atomic mass is 16.5. The van der Waals surface area contributed by atoms with Gasteiger partial charge in [0.2, 0.25) is 0 Å². The third-order valence-electron chi connectivity index (χ3n) is 4.06. The highest BCUT2D eigenvalue weighted by Gasteiger charge is 2.20. The summed E-state index contributed by atoms with van der Waals surface area (Å²) in [6.45, 7) is 6.16. The number of nitrogens with one attached hydrogen (secondary N) is 1. The molecular weight excluding hydrogens is 254 g/mol. The average Bonchev–Trinajstić information content (AvgIpc) is 2.43. The molecule has 4 atom stereocenters. The van der Waals surface area contributed by atoms with E-state index in [9.17, 15) is 5.11 Å². The van der Waals surface area contributed by atoms with Gasteiger partial charge in [0.25, 0.3) is 0 Å². The summed E-state index contributed by atoms with van der Waals surface area (Å²) < 4.78 is 11.0. The molecule has 1 saturated carbocycles. The van der Waals surface area contributed by atoms with E-state index in [4.69, 9.17) is 9.47 Å². The van der Waals surface area contributed by atoms with Crippen LogP contribution < -0.4 is 5.32 Å². The molecule has 4 unspecified atom stereocenters. The quantitative estimate of drug-likeness (QED) is 0.647. The first kappa shape index (κ1) is 17.9. The molecule has 20 heavy (non-hydrogen) atoms. The van der Waals surface area contributed by atoms with Gasteiger partial charge < -0.3 is 19.9 Å². The molecule has 0 aliphatic heterocycles. The monoisotopic (exact) mass is 287 g/mol. The van der Waals surface area contributed by atoms with Gasteiger partial charge in [-0.25, -0.2) is 0 Å². The van der Waals surface area contributed by atoms with Crippen LogP contribution in [0.2, 0.25) is 0 Å². The van der Waals surface area contributed by atoms with E-state index in [0.29, 0.717) is 31.9 Å². The van der Waals surface area contributed by atoms with Crippen LogP contribution >= 0.6 is 0 Å². The van der Waals surface area contributed by atoms with E-state index in [1.165, 1.54) is 12.8 Å². The van der Waals surface area contributed by atoms with E-state index >= 15 is 0 Å². The minimum absolute atomic E-state index is 0.328. The third kappa shape index (κ3) is 7.58. The zero-order valence-electron chi connectivity index (χ0n) is 13.4. The lowest BCUT2D eigenvalue weighted by molar-refractivity contribution is -0.0317. The van der Waals surface area contributed by atoms with Crippen molar-refractivity contribution in [1.82, 2.24) is 5.32 Å². The number of rotatable bonds is 10. The zero-order chi connectivity index (χ0) is 14.8. The molecule has 0 spiro atoms. The van der Waals surface area contributed by atoms with E-state index in [0.717, 1.165) is 31.6 Å². The summed E-state index contributed by atoms with van der Waals surface area (Å²) in [6.07, 6.45) is 6.97. The van der Waals surface area contributed by atoms with Crippen LogP contribution in [0.4, 0.5) is 0 Å². The van der Waals surface area contributed by atoms with Crippen LogP contribution in [0, 0.1) is 5.92 Å². The second-order valence-electron chi connectivity index (χ2n) is 6.23. The standard InChI is InChI=1S/C16H33NO3/c1-4-6-14(11-19-3)17-10-15(18)12-20-16-8-5-7-13(2)9-16/h13-18H,4-12H2,1-3H3. The normalized spacial score (nSPS) is 26.4. The first-order valence-corrected chi connectivity index (χ1v) is 8.17. The number of methoxy groups -OCH3 is 1. The summed E-state index contributed by atoms with van der Waals surface area (Å²) >= 11 is 0. The van der Waals surface area contributed by atoms with Gasteiger partial charge in [0, 0.05) is 19.7 Å². The average molecular weight is 287 g/mol. The molecule has 0 bridgehead atoms. The molecule has 2 N–H and O–H groups in total. The van der Waals surface area contributed by atoms with Gasteiger partial charge >= 0.3 is 0 Å². The minimum Gasteiger partial charge on any atom is -0.389 e. The Kier molecular flexibility index (Phi) is 9.44. The first-order chi connectivity index (χ1) is 9.65. The van der Waals surface area contributed by atoms with Gasteiger partial charge in [-0.3, -0.25) is 0 Å². The lowest BCUT2D eigenvalue weighted by Crippen LogP contribution is -2.40. The van der Waals surface area contributed by atoms with Gasteiger partial charge in [-0.2, -0.15) is 0 Å². The van der Waals surface area contributed by atoms with Gasteiger partial charge in [-0.15, -0.1) is 0 Å². The Morgan fingerprint density at radius 3 is 2.75 bits per heavy atom. The van der Waals surface area contributed by atoms with Crippen molar-refractivity contribution in [3.05, 3.63) is 0 Å². The molecule has 0 saturated heterocycles. The Morgan fingerprint density at radius 2 is 2.10 bits per heavy atom. The minimum atomic E-state index is -0.427. The molecule has 0 amide bonds. The summed E-state index contributed by atoms with van der Waals surface area (Å²) in [7, 11) is 1.72. The topological polar surface area (TPSA) is 50.7 Å². The molecular formula is C16H33NO3. The second kappa shape index (κ2) is 10.6. The van der Waals surface area contributed by atoms with Crippen molar-refractivity contribution in [2.24, 2.45) is 5.92 Å². The summed E-state index contributed by atoms with van der Waals surface area (Å²) in [5.41, 5.74) is 0. The summed E-state index contributed by atoms with van der Waals surface area (Å²) in [4.78, 5) is 0. The number of hydrogen-bond donors (Lipinski definition) is 2. The highest BCUT2D eigenvalue weighted by molar-refractivity contribution is 4.72. The maximum Gasteiger partial charge on any atom is 0.0897 e. The van der Waals surface area contributed by atoms with Crippen LogP contribution in [0.5, 0.6) is 0 Å². The predicted octanol–water partition coefficient (Wildman–Crippen LogP) is 2.35. The van der Waals surface area contributed by atoms with Crippen molar-refractivity contribution >= 4 is 0 Å². The van der Waals surface area contributed by atoms with Gasteiger partial charge in [0.1, 0.15) is 0 Å². The number of aliphatic hydroxyl groups excluding tert-OH is 1. The molecule has 1 fully saturated rings. The van der Waals surface area contributed by atoms with Gasteiger partial charge in [-0.1, -0.05) is 33.1 Å². The summed E-state index contributed by atoms with van der Waals surface area (Å²) in [6, 6.07) is 0.328. The zero-order valence-corrected chi connectivity index (χ0v) is 13.4. The molecule has 1 aliphatic rings. The largest absolute Gasteiger partial charge is 0.389 e. The van der Waals surface area contributed by atoms with Crippen LogP contribution in [0.15, 0.2) is 0 Å². The number of aliphatic hydroxyl groups is 1. The van der Waals surface area contributed by atoms with E-state index in [2.05, 4.69) is 19.2 Å². The van der Waals surface area contributed by atoms with E-state index in [-0.39, 0.29) is 0 Å². The van der Waals surface area contributed by atoms with Gasteiger partial charge in [0.05, 0.1) is 25.4 Å². The van der Waals surface area contributed by atoms with Crippen LogP contribution in [-0.2, 0) is 9.47 Å². The van der Waals surface area contributed by atoms with Crippen molar-refractivity contribution in [2.75, 3.05) is 26.9 Å². The lowest BCUT2D eigenvalue weighted by Gasteiger charge is -2.28. The fraction of sp³-hybridized carbons (Fsp3) is 1.00. The molecule has 1 rings (SSSR count). The van der Waals surface area contributed by atoms with E-state index in [1.54, 1.807) is 7.11 Å². The highest BCUT2D eigenvalue weighted by Crippen LogP contribution is 2.25. The van der Waals surface area contributed by atoms with Crippen LogP contribution in [-0.4, -0.2) is 50.2 Å². The predicted molar refractivity (Wildman–Crippen MR) is 82.0 cm³/mol. The molecule has 4 nitrogen and oxygen atoms in total. The number of hydrogen-bond acceptors (Lipinski definition) is 4. The van der Waals surface area contributed by atoms with Gasteiger partial charge in [0.15, 0.2) is 0 Å². The fourth-order valence-corrected chi connectivity index (χ4v) is 2.93. The van der Waals surface area contributed by atoms with Gasteiger partial charge in [-0.05, 0) is 25.2 Å². The number of ether oxygens (including phenoxy) is 2. The summed E-state index contributed by atoms with van der Waals surface area (Å²) in [5, 5.41) is 13.4. The SMILES string of the molecule is CCCC(COC)NCC(O)COC1CCCC(C)C1. The van der Waals surface area contributed by atoms with Crippen molar-refractivity contribution in [3.8, 4) is 0 Å². The molecule has 0 aromatic heterocycles. The van der Waals surface area contributed by atoms with Crippen molar-refractivity contribution in [2.45, 2.75) is 70.6 Å². The smallest absolute Gasteiger partial charge is 0.0897 e. The molecule has 120 valence electrons. The van der Waals surface area contributed by atoms with Crippen molar-refractivity contribution in [1.29, 1.82) is 0 Å². The maximum atomic E-state index is 10.0. The molecule has 0 aromatic rings. The van der Waals surface area contributed by atoms with Crippen LogP contribution in [0.1, 0.15) is 52.4 Å². The summed E-state index contributed by atoms with van der Waals surface area (Å²) in [5.74, 6) is 0.764.